The number of carbonyl (C=O) groups is 2. The Balaban J connectivity index is 2.49. The molecule has 0 aliphatic rings. The minimum Gasteiger partial charge on any atom is -0.465 e. The summed E-state index contributed by atoms with van der Waals surface area (Å²) in [5.41, 5.74) is 1.53. The van der Waals surface area contributed by atoms with Gasteiger partial charge in [-0.25, -0.2) is 4.79 Å². The minimum atomic E-state index is -0.359. The first-order valence-corrected chi connectivity index (χ1v) is 7.02. The van der Waals surface area contributed by atoms with Gasteiger partial charge in [0, 0.05) is 38.1 Å². The van der Waals surface area contributed by atoms with Crippen LogP contribution in [0.4, 0.5) is 0 Å². The highest BCUT2D eigenvalue weighted by molar-refractivity contribution is 9.10. The number of carbonyl (C=O) groups excluding carboxylic acids is 2. The summed E-state index contributed by atoms with van der Waals surface area (Å²) in [4.78, 5) is 24.3. The molecule has 0 aliphatic carbocycles. The average molecular weight is 343 g/mol. The predicted molar refractivity (Wildman–Crippen MR) is 80.5 cm³/mol. The summed E-state index contributed by atoms with van der Waals surface area (Å²) in [6.45, 7) is 1.24. The van der Waals surface area contributed by atoms with Crippen LogP contribution < -0.4 is 5.32 Å². The number of nitrogens with zero attached hydrogens (tertiary/aromatic N) is 1. The number of methoxy groups -OCH3 is 1. The second kappa shape index (κ2) is 8.01. The second-order valence-corrected chi connectivity index (χ2v) is 5.37. The molecule has 1 amide bonds. The van der Waals surface area contributed by atoms with Gasteiger partial charge in [0.15, 0.2) is 0 Å². The van der Waals surface area contributed by atoms with E-state index in [0.717, 1.165) is 10.0 Å². The molecule has 0 heterocycles. The third-order valence-corrected chi connectivity index (χ3v) is 3.54. The normalized spacial score (nSPS) is 10.2. The zero-order chi connectivity index (χ0) is 15.1. The molecule has 1 rings (SSSR count). The van der Waals surface area contributed by atoms with Crippen molar-refractivity contribution < 1.29 is 14.3 Å². The molecule has 0 radical (unpaired) electrons. The van der Waals surface area contributed by atoms with Gasteiger partial charge in [-0.1, -0.05) is 22.0 Å². The molecular weight excluding hydrogens is 324 g/mol. The third kappa shape index (κ3) is 4.94. The summed E-state index contributed by atoms with van der Waals surface area (Å²) >= 11 is 3.43. The molecule has 0 bridgehead atoms. The van der Waals surface area contributed by atoms with Crippen LogP contribution in [0.25, 0.3) is 0 Å². The maximum absolute atomic E-state index is 11.4. The van der Waals surface area contributed by atoms with Gasteiger partial charge < -0.3 is 15.0 Å². The van der Waals surface area contributed by atoms with Crippen LogP contribution in [0.15, 0.2) is 22.7 Å². The maximum Gasteiger partial charge on any atom is 0.337 e. The topological polar surface area (TPSA) is 58.6 Å². The number of rotatable bonds is 6. The molecule has 0 fully saturated rings. The van der Waals surface area contributed by atoms with Crippen molar-refractivity contribution >= 4 is 27.8 Å². The lowest BCUT2D eigenvalue weighted by molar-refractivity contribution is -0.128. The molecule has 6 heteroatoms. The summed E-state index contributed by atoms with van der Waals surface area (Å²) in [6.07, 6.45) is 0.463. The second-order valence-electron chi connectivity index (χ2n) is 4.51. The molecule has 0 spiro atoms. The van der Waals surface area contributed by atoms with Gasteiger partial charge in [0.1, 0.15) is 0 Å². The van der Waals surface area contributed by atoms with Crippen molar-refractivity contribution in [2.45, 2.75) is 13.0 Å². The van der Waals surface area contributed by atoms with Crippen molar-refractivity contribution in [1.82, 2.24) is 10.2 Å². The van der Waals surface area contributed by atoms with Gasteiger partial charge in [0.2, 0.25) is 5.91 Å². The van der Waals surface area contributed by atoms with E-state index in [9.17, 15) is 9.59 Å². The Morgan fingerprint density at radius 1 is 1.35 bits per heavy atom. The van der Waals surface area contributed by atoms with Crippen molar-refractivity contribution in [2.24, 2.45) is 0 Å². The molecule has 110 valence electrons. The Labute approximate surface area is 127 Å². The van der Waals surface area contributed by atoms with E-state index in [1.54, 1.807) is 31.1 Å². The SMILES string of the molecule is COC(=O)c1ccc(CNCCC(=O)N(C)C)c(Br)c1. The van der Waals surface area contributed by atoms with E-state index >= 15 is 0 Å². The molecule has 0 aliphatic heterocycles. The fourth-order valence-electron chi connectivity index (χ4n) is 1.58. The van der Waals surface area contributed by atoms with Gasteiger partial charge in [0.05, 0.1) is 12.7 Å². The van der Waals surface area contributed by atoms with Crippen LogP contribution in [-0.4, -0.2) is 44.5 Å². The van der Waals surface area contributed by atoms with Gasteiger partial charge >= 0.3 is 5.97 Å². The number of amides is 1. The van der Waals surface area contributed by atoms with Gasteiger partial charge in [-0.15, -0.1) is 0 Å². The summed E-state index contributed by atoms with van der Waals surface area (Å²) in [5.74, 6) is -0.264. The molecule has 1 aromatic carbocycles. The zero-order valence-corrected chi connectivity index (χ0v) is 13.5. The third-order valence-electron chi connectivity index (χ3n) is 2.80. The molecule has 0 aromatic heterocycles. The Morgan fingerprint density at radius 3 is 2.60 bits per heavy atom. The van der Waals surface area contributed by atoms with Crippen LogP contribution in [0.5, 0.6) is 0 Å². The molecule has 1 aromatic rings. The van der Waals surface area contributed by atoms with Gasteiger partial charge in [0.25, 0.3) is 0 Å². The van der Waals surface area contributed by atoms with Gasteiger partial charge in [-0.2, -0.15) is 0 Å². The number of benzene rings is 1. The van der Waals surface area contributed by atoms with Gasteiger partial charge in [-0.3, -0.25) is 4.79 Å². The summed E-state index contributed by atoms with van der Waals surface area (Å²) < 4.78 is 5.50. The number of halogens is 1. The van der Waals surface area contributed by atoms with Crippen molar-refractivity contribution in [1.29, 1.82) is 0 Å². The summed E-state index contributed by atoms with van der Waals surface area (Å²) in [5, 5.41) is 3.20. The van der Waals surface area contributed by atoms with E-state index in [1.807, 2.05) is 6.07 Å². The number of nitrogens with one attached hydrogen (secondary N) is 1. The zero-order valence-electron chi connectivity index (χ0n) is 11.9. The maximum atomic E-state index is 11.4. The molecule has 0 saturated carbocycles. The Morgan fingerprint density at radius 2 is 2.05 bits per heavy atom. The molecule has 20 heavy (non-hydrogen) atoms. The molecule has 0 atom stereocenters. The molecular formula is C14H19BrN2O3. The van der Waals surface area contributed by atoms with Crippen molar-refractivity contribution in [2.75, 3.05) is 27.7 Å². The number of hydrogen-bond acceptors (Lipinski definition) is 4. The fraction of sp³-hybridized carbons (Fsp3) is 0.429. The van der Waals surface area contributed by atoms with Crippen molar-refractivity contribution in [3.63, 3.8) is 0 Å². The van der Waals surface area contributed by atoms with E-state index < -0.39 is 0 Å². The fourth-order valence-corrected chi connectivity index (χ4v) is 2.10. The Kier molecular flexibility index (Phi) is 6.67. The van der Waals surface area contributed by atoms with E-state index in [4.69, 9.17) is 0 Å². The Bertz CT molecular complexity index is 489. The molecule has 1 N–H and O–H groups in total. The standard InChI is InChI=1S/C14H19BrN2O3/c1-17(2)13(18)6-7-16-9-11-5-4-10(8-12(11)15)14(19)20-3/h4-5,8,16H,6-7,9H2,1-3H3. The van der Waals surface area contributed by atoms with E-state index in [-0.39, 0.29) is 11.9 Å². The average Bonchev–Trinajstić information content (AvgIpc) is 2.43. The van der Waals surface area contributed by atoms with Crippen molar-refractivity contribution in [3.05, 3.63) is 33.8 Å². The van der Waals surface area contributed by atoms with E-state index in [0.29, 0.717) is 25.1 Å². The van der Waals surface area contributed by atoms with Gasteiger partial charge in [-0.05, 0) is 17.7 Å². The lowest BCUT2D eigenvalue weighted by Gasteiger charge is -2.11. The summed E-state index contributed by atoms with van der Waals surface area (Å²) in [7, 11) is 4.84. The number of esters is 1. The van der Waals surface area contributed by atoms with Crippen LogP contribution in [0.1, 0.15) is 22.3 Å². The van der Waals surface area contributed by atoms with Crippen LogP contribution in [-0.2, 0) is 16.1 Å². The number of hydrogen-bond donors (Lipinski definition) is 1. The number of ether oxygens (including phenoxy) is 1. The highest BCUT2D eigenvalue weighted by Crippen LogP contribution is 2.19. The first-order chi connectivity index (χ1) is 9.45. The molecule has 5 nitrogen and oxygen atoms in total. The lowest BCUT2D eigenvalue weighted by atomic mass is 10.1. The largest absolute Gasteiger partial charge is 0.465 e. The lowest BCUT2D eigenvalue weighted by Crippen LogP contribution is -2.26. The monoisotopic (exact) mass is 342 g/mol. The van der Waals surface area contributed by atoms with E-state index in [1.165, 1.54) is 7.11 Å². The first kappa shape index (κ1) is 16.7. The Hall–Kier alpha value is -1.40. The predicted octanol–water partition coefficient (Wildman–Crippen LogP) is 1.80. The quantitative estimate of drug-likeness (QED) is 0.632. The van der Waals surface area contributed by atoms with Crippen LogP contribution in [0.2, 0.25) is 0 Å². The van der Waals surface area contributed by atoms with Crippen LogP contribution in [0, 0.1) is 0 Å². The highest BCUT2D eigenvalue weighted by atomic mass is 79.9. The van der Waals surface area contributed by atoms with Crippen LogP contribution in [0.3, 0.4) is 0 Å². The minimum absolute atomic E-state index is 0.0950. The van der Waals surface area contributed by atoms with Crippen molar-refractivity contribution in [3.8, 4) is 0 Å². The first-order valence-electron chi connectivity index (χ1n) is 6.23. The summed E-state index contributed by atoms with van der Waals surface area (Å²) in [6, 6.07) is 5.31. The van der Waals surface area contributed by atoms with Crippen LogP contribution >= 0.6 is 15.9 Å². The molecule has 0 saturated heterocycles. The molecule has 0 unspecified atom stereocenters. The highest BCUT2D eigenvalue weighted by Gasteiger charge is 2.08. The van der Waals surface area contributed by atoms with E-state index in [2.05, 4.69) is 26.0 Å². The smallest absolute Gasteiger partial charge is 0.337 e.